The molecule has 4 rings (SSSR count). The van der Waals surface area contributed by atoms with Crippen LogP contribution in [0.1, 0.15) is 12.5 Å². The summed E-state index contributed by atoms with van der Waals surface area (Å²) in [5.74, 6) is 0.667. The number of rotatable bonds is 8. The van der Waals surface area contributed by atoms with Crippen LogP contribution < -0.4 is 21.1 Å². The summed E-state index contributed by atoms with van der Waals surface area (Å²) in [5, 5.41) is 11.3. The molecule has 0 radical (unpaired) electrons. The van der Waals surface area contributed by atoms with Crippen molar-refractivity contribution in [2.75, 3.05) is 17.2 Å². The van der Waals surface area contributed by atoms with E-state index in [9.17, 15) is 8.78 Å². The van der Waals surface area contributed by atoms with Crippen molar-refractivity contribution < 1.29 is 13.5 Å². The highest BCUT2D eigenvalue weighted by Gasteiger charge is 2.22. The number of benzene rings is 1. The van der Waals surface area contributed by atoms with Gasteiger partial charge in [0.15, 0.2) is 5.65 Å². The van der Waals surface area contributed by atoms with Crippen LogP contribution in [0.4, 0.5) is 26.2 Å². The number of halogens is 2. The average molecular weight is 440 g/mol. The Balaban J connectivity index is 1.58. The van der Waals surface area contributed by atoms with Gasteiger partial charge in [-0.25, -0.2) is 4.98 Å². The first kappa shape index (κ1) is 21.4. The standard InChI is InChI=1S/C21H22F2N8O/c1-21(24,13-6-4-3-5-7-13)12-26-20-29-17(15-11-27-31(2)18(15)30-20)28-14-8-9-16(25-10-14)32-19(22)23/h3-11,19H,12,24H2,1-2H3,(H2,26,28,29,30). The monoisotopic (exact) mass is 440 g/mol. The molecule has 0 spiro atoms. The molecule has 4 N–H and O–H groups in total. The van der Waals surface area contributed by atoms with Crippen molar-refractivity contribution >= 4 is 28.5 Å². The second kappa shape index (κ2) is 8.71. The highest BCUT2D eigenvalue weighted by Crippen LogP contribution is 2.26. The van der Waals surface area contributed by atoms with Crippen molar-refractivity contribution in [1.82, 2.24) is 24.7 Å². The Hall–Kier alpha value is -3.86. The Labute approximate surface area is 182 Å². The predicted octanol–water partition coefficient (Wildman–Crippen LogP) is 3.39. The summed E-state index contributed by atoms with van der Waals surface area (Å²) in [5.41, 5.74) is 7.96. The molecular weight excluding hydrogens is 418 g/mol. The number of aromatic nitrogens is 5. The molecule has 1 atom stereocenters. The zero-order valence-electron chi connectivity index (χ0n) is 17.5. The van der Waals surface area contributed by atoms with Crippen molar-refractivity contribution in [3.8, 4) is 5.88 Å². The fraction of sp³-hybridized carbons (Fsp3) is 0.238. The lowest BCUT2D eigenvalue weighted by Gasteiger charge is -2.25. The van der Waals surface area contributed by atoms with Crippen molar-refractivity contribution in [1.29, 1.82) is 0 Å². The van der Waals surface area contributed by atoms with Gasteiger partial charge in [0.2, 0.25) is 11.8 Å². The average Bonchev–Trinajstić information content (AvgIpc) is 3.15. The van der Waals surface area contributed by atoms with Gasteiger partial charge in [0.05, 0.1) is 29.0 Å². The smallest absolute Gasteiger partial charge is 0.388 e. The number of nitrogens with zero attached hydrogens (tertiary/aromatic N) is 5. The number of hydrogen-bond donors (Lipinski definition) is 3. The van der Waals surface area contributed by atoms with Gasteiger partial charge in [-0.05, 0) is 18.6 Å². The lowest BCUT2D eigenvalue weighted by Crippen LogP contribution is -2.40. The molecule has 0 saturated heterocycles. The van der Waals surface area contributed by atoms with Crippen LogP contribution in [0.5, 0.6) is 5.88 Å². The third-order valence-corrected chi connectivity index (χ3v) is 4.85. The zero-order valence-corrected chi connectivity index (χ0v) is 17.5. The molecule has 0 saturated carbocycles. The Morgan fingerprint density at radius 3 is 2.59 bits per heavy atom. The normalized spacial score (nSPS) is 13.2. The molecule has 0 aliphatic rings. The fourth-order valence-electron chi connectivity index (χ4n) is 3.13. The van der Waals surface area contributed by atoms with E-state index in [0.717, 1.165) is 5.56 Å². The lowest BCUT2D eigenvalue weighted by atomic mass is 9.93. The largest absolute Gasteiger partial charge is 0.417 e. The van der Waals surface area contributed by atoms with Gasteiger partial charge in [0.1, 0.15) is 5.82 Å². The molecule has 0 amide bonds. The van der Waals surface area contributed by atoms with E-state index in [-0.39, 0.29) is 5.88 Å². The van der Waals surface area contributed by atoms with Gasteiger partial charge in [-0.2, -0.15) is 23.8 Å². The van der Waals surface area contributed by atoms with E-state index in [1.54, 1.807) is 24.0 Å². The van der Waals surface area contributed by atoms with Crippen LogP contribution >= 0.6 is 0 Å². The third-order valence-electron chi connectivity index (χ3n) is 4.85. The first-order valence-corrected chi connectivity index (χ1v) is 9.78. The SMILES string of the molecule is Cn1ncc2c(Nc3ccc(OC(F)F)nc3)nc(NCC(C)(N)c3ccccc3)nc21. The summed E-state index contributed by atoms with van der Waals surface area (Å²) in [6.45, 7) is -0.622. The van der Waals surface area contributed by atoms with E-state index >= 15 is 0 Å². The Morgan fingerprint density at radius 1 is 1.12 bits per heavy atom. The second-order valence-corrected chi connectivity index (χ2v) is 7.43. The number of nitrogens with one attached hydrogen (secondary N) is 2. The highest BCUT2D eigenvalue weighted by atomic mass is 19.3. The highest BCUT2D eigenvalue weighted by molar-refractivity contribution is 5.89. The summed E-state index contributed by atoms with van der Waals surface area (Å²) < 4.78 is 30.6. The summed E-state index contributed by atoms with van der Waals surface area (Å²) in [4.78, 5) is 13.0. The number of pyridine rings is 1. The van der Waals surface area contributed by atoms with Crippen LogP contribution in [-0.2, 0) is 12.6 Å². The maximum atomic E-state index is 12.3. The summed E-state index contributed by atoms with van der Waals surface area (Å²) in [6, 6.07) is 12.6. The molecule has 0 bridgehead atoms. The van der Waals surface area contributed by atoms with Crippen LogP contribution in [0.15, 0.2) is 54.9 Å². The number of fused-ring (bicyclic) bond motifs is 1. The lowest BCUT2D eigenvalue weighted by molar-refractivity contribution is -0.0528. The third kappa shape index (κ3) is 4.72. The van der Waals surface area contributed by atoms with Gasteiger partial charge < -0.3 is 21.1 Å². The number of alkyl halides is 2. The van der Waals surface area contributed by atoms with E-state index in [0.29, 0.717) is 35.0 Å². The number of ether oxygens (including phenoxy) is 1. The minimum absolute atomic E-state index is 0.176. The van der Waals surface area contributed by atoms with Crippen molar-refractivity contribution in [3.05, 3.63) is 60.4 Å². The van der Waals surface area contributed by atoms with E-state index in [4.69, 9.17) is 5.73 Å². The van der Waals surface area contributed by atoms with Crippen LogP contribution in [0.25, 0.3) is 11.0 Å². The van der Waals surface area contributed by atoms with E-state index in [2.05, 4.69) is 35.4 Å². The van der Waals surface area contributed by atoms with Crippen molar-refractivity contribution in [2.45, 2.75) is 19.1 Å². The molecule has 3 heterocycles. The zero-order chi connectivity index (χ0) is 22.7. The summed E-state index contributed by atoms with van der Waals surface area (Å²) >= 11 is 0. The summed E-state index contributed by atoms with van der Waals surface area (Å²) in [6.07, 6.45) is 3.02. The summed E-state index contributed by atoms with van der Waals surface area (Å²) in [7, 11) is 1.78. The number of anilines is 3. The first-order valence-electron chi connectivity index (χ1n) is 9.78. The minimum atomic E-state index is -2.93. The molecular formula is C21H22F2N8O. The van der Waals surface area contributed by atoms with Crippen molar-refractivity contribution in [3.63, 3.8) is 0 Å². The molecule has 3 aromatic heterocycles. The molecule has 11 heteroatoms. The van der Waals surface area contributed by atoms with Crippen molar-refractivity contribution in [2.24, 2.45) is 12.8 Å². The van der Waals surface area contributed by atoms with Crippen LogP contribution in [0, 0.1) is 0 Å². The molecule has 9 nitrogen and oxygen atoms in total. The van der Waals surface area contributed by atoms with Gasteiger partial charge in [-0.1, -0.05) is 30.3 Å². The molecule has 1 unspecified atom stereocenters. The minimum Gasteiger partial charge on any atom is -0.417 e. The molecule has 32 heavy (non-hydrogen) atoms. The van der Waals surface area contributed by atoms with Gasteiger partial charge >= 0.3 is 6.61 Å². The number of aryl methyl sites for hydroxylation is 1. The van der Waals surface area contributed by atoms with E-state index in [1.165, 1.54) is 12.3 Å². The second-order valence-electron chi connectivity index (χ2n) is 7.43. The first-order chi connectivity index (χ1) is 15.3. The van der Waals surface area contributed by atoms with Crippen LogP contribution in [0.2, 0.25) is 0 Å². The van der Waals surface area contributed by atoms with Crippen LogP contribution in [0.3, 0.4) is 0 Å². The maximum absolute atomic E-state index is 12.3. The topological polar surface area (TPSA) is 116 Å². The predicted molar refractivity (Wildman–Crippen MR) is 117 cm³/mol. The van der Waals surface area contributed by atoms with Gasteiger partial charge in [0.25, 0.3) is 0 Å². The Kier molecular flexibility index (Phi) is 5.82. The molecule has 0 aliphatic carbocycles. The van der Waals surface area contributed by atoms with Gasteiger partial charge in [-0.15, -0.1) is 0 Å². The molecule has 166 valence electrons. The molecule has 0 fully saturated rings. The van der Waals surface area contributed by atoms with Gasteiger partial charge in [-0.3, -0.25) is 4.68 Å². The number of hydrogen-bond acceptors (Lipinski definition) is 8. The molecule has 1 aromatic carbocycles. The molecule has 0 aliphatic heterocycles. The van der Waals surface area contributed by atoms with E-state index < -0.39 is 12.2 Å². The Morgan fingerprint density at radius 2 is 1.91 bits per heavy atom. The van der Waals surface area contributed by atoms with Gasteiger partial charge in [0, 0.05) is 19.7 Å². The fourth-order valence-corrected chi connectivity index (χ4v) is 3.13. The number of nitrogens with two attached hydrogens (primary N) is 1. The quantitative estimate of drug-likeness (QED) is 0.382. The Bertz CT molecular complexity index is 1200. The van der Waals surface area contributed by atoms with E-state index in [1.807, 2.05) is 37.3 Å². The van der Waals surface area contributed by atoms with Crippen LogP contribution in [-0.4, -0.2) is 37.9 Å². The molecule has 4 aromatic rings. The maximum Gasteiger partial charge on any atom is 0.388 e.